The Balaban J connectivity index is 1.62. The molecule has 0 unspecified atom stereocenters. The molecule has 0 bridgehead atoms. The lowest BCUT2D eigenvalue weighted by molar-refractivity contribution is -0.0156. The molecule has 4 nitrogen and oxygen atoms in total. The molecule has 0 spiro atoms. The third-order valence-electron chi connectivity index (χ3n) is 4.05. The highest BCUT2D eigenvalue weighted by Crippen LogP contribution is 2.33. The van der Waals surface area contributed by atoms with E-state index in [0.717, 1.165) is 5.56 Å². The molecule has 1 saturated heterocycles. The van der Waals surface area contributed by atoms with Gasteiger partial charge in [-0.1, -0.05) is 41.9 Å². The van der Waals surface area contributed by atoms with Gasteiger partial charge in [-0.15, -0.1) is 11.3 Å². The van der Waals surface area contributed by atoms with E-state index in [1.54, 1.807) is 11.0 Å². The Morgan fingerprint density at radius 3 is 2.50 bits per heavy atom. The van der Waals surface area contributed by atoms with Crippen LogP contribution in [0.25, 0.3) is 0 Å². The Kier molecular flexibility index (Phi) is 4.38. The molecule has 2 N–H and O–H groups in total. The zero-order valence-electron chi connectivity index (χ0n) is 12.0. The number of piperidine rings is 1. The maximum absolute atomic E-state index is 12.2. The molecule has 2 heterocycles. The van der Waals surface area contributed by atoms with Crippen molar-refractivity contribution >= 4 is 34.7 Å². The van der Waals surface area contributed by atoms with Crippen LogP contribution in [0.5, 0.6) is 0 Å². The summed E-state index contributed by atoms with van der Waals surface area (Å²) >= 11 is 7.38. The predicted octanol–water partition coefficient (Wildman–Crippen LogP) is 3.92. The molecule has 0 atom stereocenters. The summed E-state index contributed by atoms with van der Waals surface area (Å²) in [5, 5.41) is 15.4. The van der Waals surface area contributed by atoms with Crippen LogP contribution in [0.4, 0.5) is 10.5 Å². The van der Waals surface area contributed by atoms with Crippen molar-refractivity contribution in [3.63, 3.8) is 0 Å². The molecule has 2 amide bonds. The van der Waals surface area contributed by atoms with E-state index in [1.165, 1.54) is 11.3 Å². The first-order valence-electron chi connectivity index (χ1n) is 7.15. The van der Waals surface area contributed by atoms with Crippen LogP contribution in [-0.2, 0) is 5.60 Å². The van der Waals surface area contributed by atoms with Crippen molar-refractivity contribution < 1.29 is 9.90 Å². The number of hydrogen-bond donors (Lipinski definition) is 2. The number of amides is 2. The Bertz CT molecular complexity index is 651. The van der Waals surface area contributed by atoms with Crippen LogP contribution >= 0.6 is 22.9 Å². The van der Waals surface area contributed by atoms with E-state index in [0.29, 0.717) is 36.0 Å². The van der Waals surface area contributed by atoms with Crippen molar-refractivity contribution in [3.05, 3.63) is 51.7 Å². The summed E-state index contributed by atoms with van der Waals surface area (Å²) in [4.78, 5) is 14.0. The van der Waals surface area contributed by atoms with E-state index in [4.69, 9.17) is 11.6 Å². The van der Waals surface area contributed by atoms with Gasteiger partial charge in [-0.25, -0.2) is 4.79 Å². The van der Waals surface area contributed by atoms with Crippen molar-refractivity contribution in [1.82, 2.24) is 4.90 Å². The minimum atomic E-state index is -0.849. The van der Waals surface area contributed by atoms with Gasteiger partial charge >= 0.3 is 6.03 Å². The number of rotatable bonds is 2. The fourth-order valence-corrected chi connectivity index (χ4v) is 3.53. The Hall–Kier alpha value is -1.56. The summed E-state index contributed by atoms with van der Waals surface area (Å²) in [7, 11) is 0. The highest BCUT2D eigenvalue weighted by Gasteiger charge is 2.35. The second-order valence-corrected chi connectivity index (χ2v) is 6.94. The highest BCUT2D eigenvalue weighted by molar-refractivity contribution is 7.15. The molecule has 3 rings (SSSR count). The van der Waals surface area contributed by atoms with Gasteiger partial charge in [0.25, 0.3) is 0 Å². The van der Waals surface area contributed by atoms with E-state index >= 15 is 0 Å². The number of carbonyl (C=O) groups excluding carboxylic acids is 1. The Labute approximate surface area is 138 Å². The van der Waals surface area contributed by atoms with Crippen LogP contribution < -0.4 is 5.32 Å². The van der Waals surface area contributed by atoms with E-state index in [2.05, 4.69) is 5.32 Å². The van der Waals surface area contributed by atoms with Gasteiger partial charge in [-0.3, -0.25) is 0 Å². The van der Waals surface area contributed by atoms with E-state index < -0.39 is 5.60 Å². The summed E-state index contributed by atoms with van der Waals surface area (Å²) in [5.74, 6) is 0. The number of urea groups is 1. The number of halogens is 1. The second kappa shape index (κ2) is 6.28. The third kappa shape index (κ3) is 3.11. The maximum Gasteiger partial charge on any atom is 0.321 e. The van der Waals surface area contributed by atoms with Gasteiger partial charge in [0.05, 0.1) is 11.3 Å². The zero-order chi connectivity index (χ0) is 15.6. The van der Waals surface area contributed by atoms with Crippen LogP contribution in [0.15, 0.2) is 41.8 Å². The van der Waals surface area contributed by atoms with Gasteiger partial charge in [0.15, 0.2) is 0 Å². The Morgan fingerprint density at radius 1 is 1.23 bits per heavy atom. The molecule has 1 aliphatic rings. The van der Waals surface area contributed by atoms with E-state index in [-0.39, 0.29) is 6.03 Å². The number of aliphatic hydroxyl groups is 1. The molecule has 0 saturated carbocycles. The van der Waals surface area contributed by atoms with Crippen LogP contribution in [0.2, 0.25) is 4.34 Å². The fraction of sp³-hybridized carbons (Fsp3) is 0.312. The number of anilines is 1. The van der Waals surface area contributed by atoms with E-state index in [9.17, 15) is 9.90 Å². The molecule has 22 heavy (non-hydrogen) atoms. The van der Waals surface area contributed by atoms with Crippen molar-refractivity contribution in [1.29, 1.82) is 0 Å². The number of nitrogens with one attached hydrogen (secondary N) is 1. The average molecular weight is 337 g/mol. The molecule has 1 fully saturated rings. The molecule has 1 aromatic carbocycles. The lowest BCUT2D eigenvalue weighted by Crippen LogP contribution is -2.46. The largest absolute Gasteiger partial charge is 0.385 e. The first kappa shape index (κ1) is 15.3. The molecular formula is C16H17ClN2O2S. The number of carbonyl (C=O) groups is 1. The smallest absolute Gasteiger partial charge is 0.321 e. The van der Waals surface area contributed by atoms with Crippen LogP contribution in [0.3, 0.4) is 0 Å². The van der Waals surface area contributed by atoms with Crippen LogP contribution in [0, 0.1) is 0 Å². The molecule has 1 aromatic heterocycles. The summed E-state index contributed by atoms with van der Waals surface area (Å²) in [6.45, 7) is 1.03. The molecule has 1 aliphatic heterocycles. The average Bonchev–Trinajstić information content (AvgIpc) is 2.94. The fourth-order valence-electron chi connectivity index (χ4n) is 2.69. The molecule has 0 radical (unpaired) electrons. The molecule has 0 aliphatic carbocycles. The zero-order valence-corrected chi connectivity index (χ0v) is 13.5. The summed E-state index contributed by atoms with van der Waals surface area (Å²) < 4.78 is 0.575. The summed E-state index contributed by atoms with van der Waals surface area (Å²) in [6.07, 6.45) is 1.06. The van der Waals surface area contributed by atoms with Gasteiger partial charge in [0.1, 0.15) is 4.34 Å². The summed E-state index contributed by atoms with van der Waals surface area (Å²) in [6, 6.07) is 11.3. The topological polar surface area (TPSA) is 52.6 Å². The molecule has 116 valence electrons. The van der Waals surface area contributed by atoms with E-state index in [1.807, 2.05) is 35.7 Å². The minimum absolute atomic E-state index is 0.171. The van der Waals surface area contributed by atoms with Crippen LogP contribution in [0.1, 0.15) is 18.4 Å². The van der Waals surface area contributed by atoms with Gasteiger partial charge in [0, 0.05) is 13.1 Å². The maximum atomic E-state index is 12.2. The monoisotopic (exact) mass is 336 g/mol. The molecule has 6 heteroatoms. The number of hydrogen-bond acceptors (Lipinski definition) is 3. The number of benzene rings is 1. The second-order valence-electron chi connectivity index (χ2n) is 5.42. The van der Waals surface area contributed by atoms with Gasteiger partial charge < -0.3 is 15.3 Å². The number of thiophene rings is 1. The van der Waals surface area contributed by atoms with Crippen molar-refractivity contribution in [2.24, 2.45) is 0 Å². The SMILES string of the molecule is O=C(Nc1ccsc1Cl)N1CCC(O)(c2ccccc2)CC1. The molecule has 2 aromatic rings. The Morgan fingerprint density at radius 2 is 1.91 bits per heavy atom. The number of nitrogens with zero attached hydrogens (tertiary/aromatic N) is 1. The lowest BCUT2D eigenvalue weighted by Gasteiger charge is -2.38. The predicted molar refractivity (Wildman–Crippen MR) is 89.5 cm³/mol. The highest BCUT2D eigenvalue weighted by atomic mass is 35.5. The van der Waals surface area contributed by atoms with Gasteiger partial charge in [-0.2, -0.15) is 0 Å². The standard InChI is InChI=1S/C16H17ClN2O2S/c17-14-13(6-11-22-14)18-15(20)19-9-7-16(21,8-10-19)12-4-2-1-3-5-12/h1-6,11,21H,7-10H2,(H,18,20). The normalized spacial score (nSPS) is 17.3. The lowest BCUT2D eigenvalue weighted by atomic mass is 9.84. The first-order chi connectivity index (χ1) is 10.6. The summed E-state index contributed by atoms with van der Waals surface area (Å²) in [5.41, 5.74) is 0.703. The van der Waals surface area contributed by atoms with Gasteiger partial charge in [-0.05, 0) is 29.9 Å². The van der Waals surface area contributed by atoms with Gasteiger partial charge in [0.2, 0.25) is 0 Å². The number of likely N-dealkylation sites (tertiary alicyclic amines) is 1. The van der Waals surface area contributed by atoms with Crippen molar-refractivity contribution in [2.75, 3.05) is 18.4 Å². The van der Waals surface area contributed by atoms with Crippen molar-refractivity contribution in [3.8, 4) is 0 Å². The van der Waals surface area contributed by atoms with Crippen molar-refractivity contribution in [2.45, 2.75) is 18.4 Å². The minimum Gasteiger partial charge on any atom is -0.385 e. The third-order valence-corrected chi connectivity index (χ3v) is 5.22. The molecular weight excluding hydrogens is 320 g/mol. The quantitative estimate of drug-likeness (QED) is 0.873. The van der Waals surface area contributed by atoms with Crippen LogP contribution in [-0.4, -0.2) is 29.1 Å². The first-order valence-corrected chi connectivity index (χ1v) is 8.41.